The first-order chi connectivity index (χ1) is 13.1. The van der Waals surface area contributed by atoms with Crippen molar-refractivity contribution in [3.63, 3.8) is 0 Å². The summed E-state index contributed by atoms with van der Waals surface area (Å²) in [7, 11) is 1.71. The summed E-state index contributed by atoms with van der Waals surface area (Å²) in [6.45, 7) is 5.88. The maximum Gasteiger partial charge on any atom is 0.412 e. The monoisotopic (exact) mass is 401 g/mol. The number of amides is 3. The molecule has 9 heteroatoms. The molecule has 2 heterocycles. The van der Waals surface area contributed by atoms with Gasteiger partial charge in [0.05, 0.1) is 12.2 Å². The van der Waals surface area contributed by atoms with Crippen LogP contribution in [0.1, 0.15) is 26.3 Å². The molecule has 0 radical (unpaired) electrons. The molecule has 0 aliphatic carbocycles. The van der Waals surface area contributed by atoms with Crippen LogP contribution in [0.3, 0.4) is 0 Å². The molecule has 0 saturated heterocycles. The van der Waals surface area contributed by atoms with Gasteiger partial charge in [-0.3, -0.25) is 4.90 Å². The van der Waals surface area contributed by atoms with E-state index in [9.17, 15) is 14.7 Å². The van der Waals surface area contributed by atoms with Gasteiger partial charge in [0.15, 0.2) is 11.0 Å². The molecule has 1 aliphatic heterocycles. The van der Waals surface area contributed by atoms with Gasteiger partial charge in [0.2, 0.25) is 0 Å². The van der Waals surface area contributed by atoms with Gasteiger partial charge in [-0.25, -0.2) is 24.5 Å². The number of hydrogen-bond acceptors (Lipinski definition) is 5. The first-order valence-corrected chi connectivity index (χ1v) is 9.94. The molecule has 0 bridgehead atoms. The van der Waals surface area contributed by atoms with Gasteiger partial charge < -0.3 is 10.0 Å². The van der Waals surface area contributed by atoms with Crippen LogP contribution in [0.5, 0.6) is 0 Å². The lowest BCUT2D eigenvalue weighted by atomic mass is 10.1. The number of hydrogen-bond donors (Lipinski definition) is 1. The average molecular weight is 401 g/mol. The molecule has 1 aliphatic rings. The Morgan fingerprint density at radius 2 is 2.04 bits per heavy atom. The maximum absolute atomic E-state index is 13.0. The van der Waals surface area contributed by atoms with Crippen molar-refractivity contribution in [2.75, 3.05) is 23.1 Å². The fourth-order valence-electron chi connectivity index (χ4n) is 3.16. The molecule has 0 saturated carbocycles. The van der Waals surface area contributed by atoms with E-state index in [1.54, 1.807) is 42.4 Å². The van der Waals surface area contributed by atoms with Gasteiger partial charge in [-0.1, -0.05) is 17.8 Å². The highest BCUT2D eigenvalue weighted by Crippen LogP contribution is 2.36. The molecule has 0 spiro atoms. The standard InChI is InChI=1S/C19H23N5O3S/c1-19(2,3)24(18(26)27)14-8-6-7-13(9-14)23-15-12(11-22(4)17(23)25)10-20-16(21-15)28-5/h6-10H,11H2,1-5H3,(H,26,27). The predicted molar refractivity (Wildman–Crippen MR) is 110 cm³/mol. The molecule has 3 rings (SSSR count). The second-order valence-electron chi connectivity index (χ2n) is 7.49. The SMILES string of the molecule is CSc1ncc2c(n1)N(c1cccc(N(C(=O)O)C(C)(C)C)c1)C(=O)N(C)C2. The summed E-state index contributed by atoms with van der Waals surface area (Å²) in [5.41, 5.74) is 1.23. The maximum atomic E-state index is 13.0. The molecule has 0 atom stereocenters. The lowest BCUT2D eigenvalue weighted by Crippen LogP contribution is -2.45. The Morgan fingerprint density at radius 3 is 2.64 bits per heavy atom. The van der Waals surface area contributed by atoms with Crippen molar-refractivity contribution < 1.29 is 14.7 Å². The van der Waals surface area contributed by atoms with Crippen LogP contribution >= 0.6 is 11.8 Å². The van der Waals surface area contributed by atoms with E-state index in [2.05, 4.69) is 9.97 Å². The molecule has 0 unspecified atom stereocenters. The number of aromatic nitrogens is 2. The van der Waals surface area contributed by atoms with E-state index in [-0.39, 0.29) is 6.03 Å². The molecule has 1 N–H and O–H groups in total. The summed E-state index contributed by atoms with van der Waals surface area (Å²) in [6, 6.07) is 6.70. The Morgan fingerprint density at radius 1 is 1.32 bits per heavy atom. The lowest BCUT2D eigenvalue weighted by Gasteiger charge is -2.36. The highest BCUT2D eigenvalue weighted by Gasteiger charge is 2.33. The Kier molecular flexibility index (Phi) is 5.20. The number of fused-ring (bicyclic) bond motifs is 1. The van der Waals surface area contributed by atoms with Crippen molar-refractivity contribution in [1.82, 2.24) is 14.9 Å². The minimum absolute atomic E-state index is 0.229. The summed E-state index contributed by atoms with van der Waals surface area (Å²) in [6.07, 6.45) is 2.55. The number of carboxylic acid groups (broad SMARTS) is 1. The summed E-state index contributed by atoms with van der Waals surface area (Å²) in [5, 5.41) is 10.3. The van der Waals surface area contributed by atoms with Crippen LogP contribution in [0.2, 0.25) is 0 Å². The summed E-state index contributed by atoms with van der Waals surface area (Å²) >= 11 is 1.40. The second-order valence-corrected chi connectivity index (χ2v) is 8.26. The Balaban J connectivity index is 2.14. The molecular weight excluding hydrogens is 378 g/mol. The van der Waals surface area contributed by atoms with Crippen LogP contribution in [-0.4, -0.2) is 50.9 Å². The molecule has 3 amide bonds. The number of rotatable bonds is 3. The molecule has 1 aromatic carbocycles. The zero-order valence-electron chi connectivity index (χ0n) is 16.5. The van der Waals surface area contributed by atoms with E-state index in [1.807, 2.05) is 27.0 Å². The number of anilines is 3. The van der Waals surface area contributed by atoms with Crippen LogP contribution in [0.15, 0.2) is 35.6 Å². The van der Waals surface area contributed by atoms with Crippen molar-refractivity contribution in [3.8, 4) is 0 Å². The number of carbonyl (C=O) groups is 2. The third kappa shape index (κ3) is 3.62. The lowest BCUT2D eigenvalue weighted by molar-refractivity contribution is 0.195. The van der Waals surface area contributed by atoms with Crippen molar-refractivity contribution in [2.24, 2.45) is 0 Å². The summed E-state index contributed by atoms with van der Waals surface area (Å²) in [5.74, 6) is 0.525. The van der Waals surface area contributed by atoms with Crippen LogP contribution in [0, 0.1) is 0 Å². The number of thioether (sulfide) groups is 1. The van der Waals surface area contributed by atoms with Crippen LogP contribution in [0.4, 0.5) is 26.8 Å². The fraction of sp³-hybridized carbons (Fsp3) is 0.368. The van der Waals surface area contributed by atoms with Crippen molar-refractivity contribution >= 4 is 41.1 Å². The van der Waals surface area contributed by atoms with Gasteiger partial charge in [-0.2, -0.15) is 0 Å². The average Bonchev–Trinajstić information content (AvgIpc) is 2.61. The third-order valence-corrected chi connectivity index (χ3v) is 4.91. The largest absolute Gasteiger partial charge is 0.465 e. The highest BCUT2D eigenvalue weighted by molar-refractivity contribution is 7.98. The first kappa shape index (κ1) is 19.9. The van der Waals surface area contributed by atoms with E-state index in [1.165, 1.54) is 21.6 Å². The molecule has 28 heavy (non-hydrogen) atoms. The Bertz CT molecular complexity index is 928. The Hall–Kier alpha value is -2.81. The topological polar surface area (TPSA) is 89.9 Å². The molecule has 148 valence electrons. The summed E-state index contributed by atoms with van der Waals surface area (Å²) in [4.78, 5) is 38.0. The van der Waals surface area contributed by atoms with Crippen LogP contribution < -0.4 is 9.80 Å². The van der Waals surface area contributed by atoms with Gasteiger partial charge >= 0.3 is 12.1 Å². The van der Waals surface area contributed by atoms with E-state index < -0.39 is 11.6 Å². The number of benzene rings is 1. The van der Waals surface area contributed by atoms with Gasteiger partial charge in [0.1, 0.15) is 0 Å². The van der Waals surface area contributed by atoms with Crippen LogP contribution in [-0.2, 0) is 6.54 Å². The van der Waals surface area contributed by atoms with Gasteiger partial charge in [-0.05, 0) is 45.2 Å². The van der Waals surface area contributed by atoms with E-state index in [0.29, 0.717) is 28.9 Å². The van der Waals surface area contributed by atoms with Gasteiger partial charge in [0.25, 0.3) is 0 Å². The zero-order valence-corrected chi connectivity index (χ0v) is 17.3. The minimum Gasteiger partial charge on any atom is -0.465 e. The molecule has 8 nitrogen and oxygen atoms in total. The van der Waals surface area contributed by atoms with Gasteiger partial charge in [-0.15, -0.1) is 0 Å². The molecule has 2 aromatic rings. The van der Waals surface area contributed by atoms with E-state index in [4.69, 9.17) is 0 Å². The second kappa shape index (κ2) is 7.31. The molecular formula is C19H23N5O3S. The van der Waals surface area contributed by atoms with Gasteiger partial charge in [0, 0.05) is 30.0 Å². The third-order valence-electron chi connectivity index (χ3n) is 4.35. The smallest absolute Gasteiger partial charge is 0.412 e. The number of nitrogens with zero attached hydrogens (tertiary/aromatic N) is 5. The van der Waals surface area contributed by atoms with Crippen molar-refractivity contribution in [3.05, 3.63) is 36.0 Å². The highest BCUT2D eigenvalue weighted by atomic mass is 32.2. The number of carbonyl (C=O) groups excluding carboxylic acids is 1. The fourth-order valence-corrected chi connectivity index (χ4v) is 3.49. The number of urea groups is 1. The van der Waals surface area contributed by atoms with E-state index >= 15 is 0 Å². The molecule has 1 aromatic heterocycles. The van der Waals surface area contributed by atoms with Crippen molar-refractivity contribution in [1.29, 1.82) is 0 Å². The zero-order chi connectivity index (χ0) is 20.6. The minimum atomic E-state index is -1.06. The van der Waals surface area contributed by atoms with E-state index in [0.717, 1.165) is 5.56 Å². The first-order valence-electron chi connectivity index (χ1n) is 8.72. The molecule has 0 fully saturated rings. The Labute approximate surface area is 168 Å². The summed E-state index contributed by atoms with van der Waals surface area (Å²) < 4.78 is 0. The predicted octanol–water partition coefficient (Wildman–Crippen LogP) is 4.18. The van der Waals surface area contributed by atoms with Crippen molar-refractivity contribution in [2.45, 2.75) is 38.0 Å². The quantitative estimate of drug-likeness (QED) is 0.613. The normalized spacial score (nSPS) is 14.1. The van der Waals surface area contributed by atoms with Crippen LogP contribution in [0.25, 0.3) is 0 Å².